The molecule has 22 heavy (non-hydrogen) atoms. The van der Waals surface area contributed by atoms with Crippen molar-refractivity contribution in [2.45, 2.75) is 66.2 Å². The number of alkyl halides is 1. The number of benzene rings is 1. The van der Waals surface area contributed by atoms with Crippen molar-refractivity contribution in [2.75, 3.05) is 5.88 Å². The van der Waals surface area contributed by atoms with Gasteiger partial charge in [0.25, 0.3) is 0 Å². The lowest BCUT2D eigenvalue weighted by atomic mass is 9.88. The summed E-state index contributed by atoms with van der Waals surface area (Å²) in [6.45, 7) is 9.06. The van der Waals surface area contributed by atoms with Gasteiger partial charge in [-0.1, -0.05) is 63.9 Å². The molecule has 0 amide bonds. The van der Waals surface area contributed by atoms with Crippen LogP contribution < -0.4 is 0 Å². The van der Waals surface area contributed by atoms with Crippen LogP contribution in [0.25, 0.3) is 5.57 Å². The maximum Gasteiger partial charge on any atom is 0.0223 e. The zero-order valence-corrected chi connectivity index (χ0v) is 15.5. The third-order valence-corrected chi connectivity index (χ3v) is 3.86. The van der Waals surface area contributed by atoms with E-state index in [0.29, 0.717) is 5.41 Å². The fourth-order valence-corrected chi connectivity index (χ4v) is 2.95. The number of allylic oxidation sites excluding steroid dienone is 1. The smallest absolute Gasteiger partial charge is 0.0223 e. The summed E-state index contributed by atoms with van der Waals surface area (Å²) in [5.41, 5.74) is 8.03. The van der Waals surface area contributed by atoms with Crippen LogP contribution in [0, 0.1) is 5.41 Å². The molecule has 0 aliphatic rings. The predicted octanol–water partition coefficient (Wildman–Crippen LogP) is 7.24. The highest BCUT2D eigenvalue weighted by Gasteiger charge is 2.10. The molecule has 0 N–H and O–H groups in total. The molecule has 0 saturated heterocycles. The molecular formula is C21H31Cl. The van der Waals surface area contributed by atoms with Gasteiger partial charge in [-0.15, -0.1) is 17.3 Å². The minimum atomic E-state index is 0.319. The first-order valence-corrected chi connectivity index (χ1v) is 9.02. The minimum Gasteiger partial charge on any atom is -0.127 e. The van der Waals surface area contributed by atoms with Crippen molar-refractivity contribution in [3.8, 4) is 0 Å². The molecule has 0 aromatic heterocycles. The lowest BCUT2D eigenvalue weighted by Gasteiger charge is -2.17. The van der Waals surface area contributed by atoms with Gasteiger partial charge in [0, 0.05) is 11.5 Å². The normalized spacial score (nSPS) is 11.1. The predicted molar refractivity (Wildman–Crippen MR) is 100 cm³/mol. The minimum absolute atomic E-state index is 0.319. The van der Waals surface area contributed by atoms with E-state index in [-0.39, 0.29) is 0 Å². The lowest BCUT2D eigenvalue weighted by Crippen LogP contribution is -2.04. The maximum atomic E-state index is 5.75. The molecule has 0 aliphatic carbocycles. The van der Waals surface area contributed by atoms with Gasteiger partial charge in [0.2, 0.25) is 0 Å². The third-order valence-electron chi connectivity index (χ3n) is 3.59. The summed E-state index contributed by atoms with van der Waals surface area (Å²) in [7, 11) is 0. The summed E-state index contributed by atoms with van der Waals surface area (Å²) in [6, 6.07) is 10.7. The maximum absolute atomic E-state index is 5.75. The van der Waals surface area contributed by atoms with E-state index in [2.05, 4.69) is 63.8 Å². The van der Waals surface area contributed by atoms with Crippen LogP contribution in [0.2, 0.25) is 0 Å². The zero-order chi connectivity index (χ0) is 16.4. The molecule has 0 nitrogen and oxygen atoms in total. The van der Waals surface area contributed by atoms with Gasteiger partial charge >= 0.3 is 0 Å². The number of halogens is 1. The van der Waals surface area contributed by atoms with Crippen LogP contribution in [-0.4, -0.2) is 5.88 Å². The topological polar surface area (TPSA) is 0 Å². The number of hydrogen-bond donors (Lipinski definition) is 0. The molecule has 0 saturated carbocycles. The Balaban J connectivity index is 2.85. The molecule has 1 rings (SSSR count). The molecule has 1 aromatic rings. The second kappa shape index (κ2) is 9.93. The van der Waals surface area contributed by atoms with E-state index in [0.717, 1.165) is 25.1 Å². The van der Waals surface area contributed by atoms with Crippen LogP contribution in [0.4, 0.5) is 0 Å². The van der Waals surface area contributed by atoms with Crippen LogP contribution in [0.3, 0.4) is 0 Å². The summed E-state index contributed by atoms with van der Waals surface area (Å²) in [5, 5.41) is 0. The first-order chi connectivity index (χ1) is 10.4. The number of hydrogen-bond acceptors (Lipinski definition) is 0. The highest BCUT2D eigenvalue weighted by atomic mass is 35.5. The van der Waals surface area contributed by atoms with Gasteiger partial charge in [-0.3, -0.25) is 0 Å². The van der Waals surface area contributed by atoms with Crippen molar-refractivity contribution in [1.82, 2.24) is 0 Å². The van der Waals surface area contributed by atoms with E-state index >= 15 is 0 Å². The van der Waals surface area contributed by atoms with Gasteiger partial charge in [0.05, 0.1) is 0 Å². The summed E-state index contributed by atoms with van der Waals surface area (Å²) in [6.07, 6.45) is 7.03. The fraction of sp³-hybridized carbons (Fsp3) is 0.571. The van der Waals surface area contributed by atoms with E-state index in [9.17, 15) is 0 Å². The molecule has 0 spiro atoms. The quantitative estimate of drug-likeness (QED) is 0.269. The van der Waals surface area contributed by atoms with E-state index in [4.69, 9.17) is 11.6 Å². The average Bonchev–Trinajstić information content (AvgIpc) is 2.45. The van der Waals surface area contributed by atoms with E-state index in [1.54, 1.807) is 0 Å². The molecule has 0 unspecified atom stereocenters. The van der Waals surface area contributed by atoms with E-state index in [1.807, 2.05) is 0 Å². The van der Waals surface area contributed by atoms with Crippen molar-refractivity contribution >= 4 is 17.2 Å². The van der Waals surface area contributed by atoms with E-state index < -0.39 is 0 Å². The lowest BCUT2D eigenvalue weighted by molar-refractivity contribution is 0.410. The SMILES string of the molecule is CC(=C=C(CCCCCCCl)c1ccccc1)CC(C)(C)C. The molecule has 0 atom stereocenters. The van der Waals surface area contributed by atoms with Gasteiger partial charge in [0.15, 0.2) is 0 Å². The van der Waals surface area contributed by atoms with Crippen LogP contribution >= 0.6 is 11.6 Å². The van der Waals surface area contributed by atoms with Crippen molar-refractivity contribution < 1.29 is 0 Å². The summed E-state index contributed by atoms with van der Waals surface area (Å²) >= 11 is 5.75. The van der Waals surface area contributed by atoms with Crippen LogP contribution in [0.1, 0.15) is 71.8 Å². The Morgan fingerprint density at radius 1 is 1.00 bits per heavy atom. The van der Waals surface area contributed by atoms with Crippen molar-refractivity contribution in [3.63, 3.8) is 0 Å². The van der Waals surface area contributed by atoms with Gasteiger partial charge in [-0.25, -0.2) is 0 Å². The van der Waals surface area contributed by atoms with Crippen LogP contribution in [-0.2, 0) is 0 Å². The third kappa shape index (κ3) is 8.47. The van der Waals surface area contributed by atoms with Crippen molar-refractivity contribution in [3.05, 3.63) is 47.2 Å². The summed E-state index contributed by atoms with van der Waals surface area (Å²) < 4.78 is 0. The second-order valence-electron chi connectivity index (χ2n) is 7.34. The molecule has 0 fully saturated rings. The molecule has 0 radical (unpaired) electrons. The molecule has 122 valence electrons. The van der Waals surface area contributed by atoms with E-state index in [1.165, 1.54) is 36.0 Å². The molecule has 1 aromatic carbocycles. The van der Waals surface area contributed by atoms with Gasteiger partial charge < -0.3 is 0 Å². The Kier molecular flexibility index (Phi) is 8.61. The van der Waals surface area contributed by atoms with Gasteiger partial charge in [-0.2, -0.15) is 0 Å². The van der Waals surface area contributed by atoms with Gasteiger partial charge in [-0.05, 0) is 49.2 Å². The zero-order valence-electron chi connectivity index (χ0n) is 14.7. The van der Waals surface area contributed by atoms with Crippen molar-refractivity contribution in [2.24, 2.45) is 5.41 Å². The Labute approximate surface area is 142 Å². The summed E-state index contributed by atoms with van der Waals surface area (Å²) in [4.78, 5) is 0. The first-order valence-electron chi connectivity index (χ1n) is 8.49. The fourth-order valence-electron chi connectivity index (χ4n) is 2.77. The molecular weight excluding hydrogens is 288 g/mol. The first kappa shape index (κ1) is 19.1. The Hall–Kier alpha value is -0.970. The van der Waals surface area contributed by atoms with Crippen molar-refractivity contribution in [1.29, 1.82) is 0 Å². The van der Waals surface area contributed by atoms with Crippen LogP contribution in [0.5, 0.6) is 0 Å². The molecule has 0 bridgehead atoms. The monoisotopic (exact) mass is 318 g/mol. The number of unbranched alkanes of at least 4 members (excludes halogenated alkanes) is 3. The number of rotatable bonds is 8. The Bertz CT molecular complexity index is 484. The highest BCUT2D eigenvalue weighted by Crippen LogP contribution is 2.26. The standard InChI is InChI=1S/C21H31Cl/c1-18(17-21(2,3)4)16-20(14-8-5-6-11-15-22)19-12-9-7-10-13-19/h7,9-10,12-13H,5-6,8,11,14-15,17H2,1-4H3. The largest absolute Gasteiger partial charge is 0.127 e. The Morgan fingerprint density at radius 2 is 1.64 bits per heavy atom. The molecule has 1 heteroatoms. The van der Waals surface area contributed by atoms with Crippen LogP contribution in [0.15, 0.2) is 41.6 Å². The summed E-state index contributed by atoms with van der Waals surface area (Å²) in [5.74, 6) is 0.784. The average molecular weight is 319 g/mol. The van der Waals surface area contributed by atoms with Gasteiger partial charge in [0.1, 0.15) is 0 Å². The molecule has 0 heterocycles. The highest BCUT2D eigenvalue weighted by molar-refractivity contribution is 6.17. The molecule has 0 aliphatic heterocycles. The second-order valence-corrected chi connectivity index (χ2v) is 7.72. The Morgan fingerprint density at radius 3 is 2.23 bits per heavy atom.